The third kappa shape index (κ3) is 3.23. The van der Waals surface area contributed by atoms with Crippen molar-refractivity contribution in [3.8, 4) is 0 Å². The van der Waals surface area contributed by atoms with Gasteiger partial charge >= 0.3 is 0 Å². The molecule has 1 aromatic carbocycles. The lowest BCUT2D eigenvalue weighted by Crippen LogP contribution is -2.31. The number of rotatable bonds is 6. The Balaban J connectivity index is 1.90. The summed E-state index contributed by atoms with van der Waals surface area (Å²) in [6.07, 6.45) is 3.89. The molecule has 0 bridgehead atoms. The second-order valence-electron chi connectivity index (χ2n) is 6.41. The van der Waals surface area contributed by atoms with E-state index in [0.29, 0.717) is 0 Å². The van der Waals surface area contributed by atoms with Crippen LogP contribution in [-0.2, 0) is 18.4 Å². The van der Waals surface area contributed by atoms with Crippen LogP contribution in [0.3, 0.4) is 0 Å². The minimum absolute atomic E-state index is 0.796. The van der Waals surface area contributed by atoms with Crippen molar-refractivity contribution >= 4 is 11.3 Å². The van der Waals surface area contributed by atoms with Crippen molar-refractivity contribution < 1.29 is 5.11 Å². The molecule has 3 heteroatoms. The van der Waals surface area contributed by atoms with Crippen LogP contribution in [0.15, 0.2) is 35.7 Å². The molecule has 23 heavy (non-hydrogen) atoms. The van der Waals surface area contributed by atoms with Crippen molar-refractivity contribution in [3.63, 3.8) is 0 Å². The van der Waals surface area contributed by atoms with E-state index in [9.17, 15) is 5.11 Å². The first-order valence-electron chi connectivity index (χ1n) is 8.79. The molecule has 1 aromatic heterocycles. The molecule has 1 heterocycles. The number of hydrogen-bond donors (Lipinski definition) is 1. The van der Waals surface area contributed by atoms with E-state index in [1.807, 2.05) is 0 Å². The molecule has 0 saturated carbocycles. The molecule has 2 aromatic rings. The van der Waals surface area contributed by atoms with E-state index in [1.165, 1.54) is 10.4 Å². The molecule has 0 fully saturated rings. The Kier molecular flexibility index (Phi) is 5.20. The fourth-order valence-corrected chi connectivity index (χ4v) is 4.76. The average Bonchev–Trinajstić information content (AvgIpc) is 3.02. The zero-order valence-electron chi connectivity index (χ0n) is 14.2. The third-order valence-electron chi connectivity index (χ3n) is 5.18. The lowest BCUT2D eigenvalue weighted by Gasteiger charge is -2.31. The van der Waals surface area contributed by atoms with Crippen molar-refractivity contribution in [1.82, 2.24) is 4.90 Å². The Hall–Kier alpha value is -1.16. The van der Waals surface area contributed by atoms with Gasteiger partial charge in [-0.05, 0) is 67.9 Å². The van der Waals surface area contributed by atoms with Gasteiger partial charge in [-0.2, -0.15) is 0 Å². The first kappa shape index (κ1) is 16.7. The van der Waals surface area contributed by atoms with Crippen LogP contribution in [0.4, 0.5) is 0 Å². The topological polar surface area (TPSA) is 23.5 Å². The molecule has 1 atom stereocenters. The minimum Gasteiger partial charge on any atom is -0.380 e. The summed E-state index contributed by atoms with van der Waals surface area (Å²) < 4.78 is 0. The number of aliphatic hydroxyl groups is 1. The summed E-state index contributed by atoms with van der Waals surface area (Å²) in [4.78, 5) is 3.78. The number of aryl methyl sites for hydroxylation is 2. The highest BCUT2D eigenvalue weighted by Gasteiger charge is 2.37. The van der Waals surface area contributed by atoms with Crippen LogP contribution in [0.25, 0.3) is 0 Å². The maximum atomic E-state index is 11.7. The Morgan fingerprint density at radius 3 is 2.65 bits per heavy atom. The summed E-state index contributed by atoms with van der Waals surface area (Å²) in [6, 6.07) is 10.6. The standard InChI is InChI=1S/C20H27NOS/c1-3-21(4-2)14-7-13-20(22)17-9-6-5-8-16(17)10-11-19-18(20)12-15-23-19/h5-6,8-9,12,15,22H,3-4,7,10-11,13-14H2,1-2H3. The van der Waals surface area contributed by atoms with E-state index >= 15 is 0 Å². The Morgan fingerprint density at radius 2 is 1.87 bits per heavy atom. The Labute approximate surface area is 143 Å². The van der Waals surface area contributed by atoms with Gasteiger partial charge in [-0.25, -0.2) is 0 Å². The number of hydrogen-bond acceptors (Lipinski definition) is 3. The van der Waals surface area contributed by atoms with Gasteiger partial charge < -0.3 is 10.0 Å². The Morgan fingerprint density at radius 1 is 1.09 bits per heavy atom. The average molecular weight is 330 g/mol. The molecular formula is C20H27NOS. The normalized spacial score (nSPS) is 20.2. The first-order valence-corrected chi connectivity index (χ1v) is 9.67. The van der Waals surface area contributed by atoms with E-state index in [1.54, 1.807) is 11.3 Å². The van der Waals surface area contributed by atoms with Crippen LogP contribution in [0, 0.1) is 0 Å². The van der Waals surface area contributed by atoms with Gasteiger partial charge in [-0.15, -0.1) is 11.3 Å². The van der Waals surface area contributed by atoms with Gasteiger partial charge in [0.25, 0.3) is 0 Å². The molecule has 0 spiro atoms. The van der Waals surface area contributed by atoms with Crippen LogP contribution in [0.5, 0.6) is 0 Å². The van der Waals surface area contributed by atoms with Gasteiger partial charge in [0.15, 0.2) is 0 Å². The maximum absolute atomic E-state index is 11.7. The second-order valence-corrected chi connectivity index (χ2v) is 7.41. The van der Waals surface area contributed by atoms with E-state index < -0.39 is 5.60 Å². The summed E-state index contributed by atoms with van der Waals surface area (Å²) in [5.74, 6) is 0. The summed E-state index contributed by atoms with van der Waals surface area (Å²) >= 11 is 1.79. The molecule has 1 N–H and O–H groups in total. The zero-order valence-corrected chi connectivity index (χ0v) is 15.0. The molecule has 2 nitrogen and oxygen atoms in total. The van der Waals surface area contributed by atoms with Crippen molar-refractivity contribution in [1.29, 1.82) is 0 Å². The van der Waals surface area contributed by atoms with Crippen molar-refractivity contribution in [2.24, 2.45) is 0 Å². The fraction of sp³-hybridized carbons (Fsp3) is 0.500. The summed E-state index contributed by atoms with van der Waals surface area (Å²) in [5, 5.41) is 13.8. The highest BCUT2D eigenvalue weighted by Crippen LogP contribution is 2.42. The fourth-order valence-electron chi connectivity index (χ4n) is 3.81. The third-order valence-corrected chi connectivity index (χ3v) is 6.16. The molecule has 1 aliphatic carbocycles. The minimum atomic E-state index is -0.824. The predicted molar refractivity (Wildman–Crippen MR) is 98.2 cm³/mol. The number of fused-ring (bicyclic) bond motifs is 2. The highest BCUT2D eigenvalue weighted by molar-refractivity contribution is 7.10. The molecule has 0 amide bonds. The molecule has 1 unspecified atom stereocenters. The summed E-state index contributed by atoms with van der Waals surface area (Å²) in [7, 11) is 0. The maximum Gasteiger partial charge on any atom is 0.116 e. The van der Waals surface area contributed by atoms with E-state index in [4.69, 9.17) is 0 Å². The molecular weight excluding hydrogens is 302 g/mol. The van der Waals surface area contributed by atoms with Gasteiger partial charge in [-0.3, -0.25) is 0 Å². The van der Waals surface area contributed by atoms with Gasteiger partial charge in [0.2, 0.25) is 0 Å². The lowest BCUT2D eigenvalue weighted by molar-refractivity contribution is 0.0650. The van der Waals surface area contributed by atoms with Gasteiger partial charge in [-0.1, -0.05) is 38.1 Å². The summed E-state index contributed by atoms with van der Waals surface area (Å²) in [5.41, 5.74) is 2.75. The largest absolute Gasteiger partial charge is 0.380 e. The quantitative estimate of drug-likeness (QED) is 0.858. The van der Waals surface area contributed by atoms with Crippen LogP contribution in [0.1, 0.15) is 48.3 Å². The molecule has 0 radical (unpaired) electrons. The van der Waals surface area contributed by atoms with Crippen LogP contribution >= 0.6 is 11.3 Å². The van der Waals surface area contributed by atoms with E-state index in [-0.39, 0.29) is 0 Å². The van der Waals surface area contributed by atoms with Crippen LogP contribution < -0.4 is 0 Å². The number of thiophene rings is 1. The molecule has 1 aliphatic rings. The van der Waals surface area contributed by atoms with E-state index in [2.05, 4.69) is 54.5 Å². The molecule has 0 aliphatic heterocycles. The first-order chi connectivity index (χ1) is 11.2. The van der Waals surface area contributed by atoms with Crippen molar-refractivity contribution in [2.75, 3.05) is 19.6 Å². The highest BCUT2D eigenvalue weighted by atomic mass is 32.1. The number of nitrogens with zero attached hydrogens (tertiary/aromatic N) is 1. The molecule has 124 valence electrons. The number of benzene rings is 1. The van der Waals surface area contributed by atoms with E-state index in [0.717, 1.165) is 56.4 Å². The second kappa shape index (κ2) is 7.16. The Bertz CT molecular complexity index is 647. The SMILES string of the molecule is CCN(CC)CCCC1(O)c2ccccc2CCc2sccc21. The van der Waals surface area contributed by atoms with Gasteiger partial charge in [0, 0.05) is 10.4 Å². The smallest absolute Gasteiger partial charge is 0.116 e. The monoisotopic (exact) mass is 329 g/mol. The van der Waals surface area contributed by atoms with Crippen LogP contribution in [-0.4, -0.2) is 29.6 Å². The zero-order chi connectivity index (χ0) is 16.3. The van der Waals surface area contributed by atoms with Crippen LogP contribution in [0.2, 0.25) is 0 Å². The van der Waals surface area contributed by atoms with Crippen molar-refractivity contribution in [3.05, 3.63) is 57.3 Å². The van der Waals surface area contributed by atoms with Gasteiger partial charge in [0.1, 0.15) is 5.60 Å². The summed E-state index contributed by atoms with van der Waals surface area (Å²) in [6.45, 7) is 7.62. The molecule has 0 saturated heterocycles. The predicted octanol–water partition coefficient (Wildman–Crippen LogP) is 4.20. The van der Waals surface area contributed by atoms with Gasteiger partial charge in [0.05, 0.1) is 0 Å². The lowest BCUT2D eigenvalue weighted by atomic mass is 9.82. The van der Waals surface area contributed by atoms with Crippen molar-refractivity contribution in [2.45, 2.75) is 45.1 Å². The molecule has 3 rings (SSSR count).